The summed E-state index contributed by atoms with van der Waals surface area (Å²) in [6, 6.07) is 10.8. The van der Waals surface area contributed by atoms with Crippen molar-refractivity contribution in [2.24, 2.45) is 0 Å². The number of aryl methyl sites for hydroxylation is 1. The van der Waals surface area contributed by atoms with E-state index >= 15 is 0 Å². The lowest BCUT2D eigenvalue weighted by Gasteiger charge is -2.15. The van der Waals surface area contributed by atoms with Crippen LogP contribution in [0.1, 0.15) is 11.1 Å². The smallest absolute Gasteiger partial charge is 0.311 e. The molecule has 0 aliphatic carbocycles. The highest BCUT2D eigenvalue weighted by Gasteiger charge is 2.21. The van der Waals surface area contributed by atoms with Gasteiger partial charge in [0.1, 0.15) is 0 Å². The van der Waals surface area contributed by atoms with Crippen molar-refractivity contribution in [1.29, 1.82) is 0 Å². The monoisotopic (exact) mass is 407 g/mol. The lowest BCUT2D eigenvalue weighted by atomic mass is 10.2. The molecule has 0 heterocycles. The first-order valence-corrected chi connectivity index (χ1v) is 9.72. The summed E-state index contributed by atoms with van der Waals surface area (Å²) in [5.74, 6) is -0.548. The Morgan fingerprint density at radius 1 is 1.21 bits per heavy atom. The highest BCUT2D eigenvalue weighted by Crippen LogP contribution is 2.27. The molecule has 0 spiro atoms. The van der Waals surface area contributed by atoms with Crippen LogP contribution in [0.25, 0.3) is 0 Å². The molecular weight excluding hydrogens is 386 g/mol. The number of nitrogens with one attached hydrogen (secondary N) is 1. The summed E-state index contributed by atoms with van der Waals surface area (Å²) >= 11 is 0. The van der Waals surface area contributed by atoms with Crippen LogP contribution in [-0.2, 0) is 21.4 Å². The molecule has 0 aliphatic rings. The predicted molar refractivity (Wildman–Crippen MR) is 102 cm³/mol. The number of amides is 1. The van der Waals surface area contributed by atoms with Crippen molar-refractivity contribution >= 4 is 21.6 Å². The van der Waals surface area contributed by atoms with E-state index in [2.05, 4.69) is 5.32 Å². The number of nitro benzene ring substituents is 1. The van der Waals surface area contributed by atoms with Gasteiger partial charge in [0.2, 0.25) is 10.0 Å². The zero-order chi connectivity index (χ0) is 20.9. The quantitative estimate of drug-likeness (QED) is 0.527. The highest BCUT2D eigenvalue weighted by atomic mass is 32.2. The van der Waals surface area contributed by atoms with Gasteiger partial charge in [0.15, 0.2) is 12.4 Å². The number of sulfonamides is 1. The average Bonchev–Trinajstić information content (AvgIpc) is 2.65. The maximum atomic E-state index is 12.4. The van der Waals surface area contributed by atoms with Crippen molar-refractivity contribution in [2.75, 3.05) is 20.7 Å². The third-order valence-corrected chi connectivity index (χ3v) is 5.79. The fourth-order valence-corrected chi connectivity index (χ4v) is 3.49. The van der Waals surface area contributed by atoms with Gasteiger partial charge in [-0.2, -0.15) is 0 Å². The molecule has 2 aromatic carbocycles. The molecule has 0 aliphatic heterocycles. The van der Waals surface area contributed by atoms with E-state index in [0.29, 0.717) is 11.1 Å². The maximum Gasteiger partial charge on any atom is 0.311 e. The zero-order valence-electron chi connectivity index (χ0n) is 15.7. The first kappa shape index (κ1) is 21.3. The lowest BCUT2D eigenvalue weighted by Crippen LogP contribution is -2.30. The normalized spacial score (nSPS) is 11.3. The molecule has 10 heteroatoms. The second-order valence-corrected chi connectivity index (χ2v) is 8.31. The molecule has 0 saturated heterocycles. The fourth-order valence-electron chi connectivity index (χ4n) is 2.38. The molecule has 2 rings (SSSR count). The minimum Gasteiger partial charge on any atom is -0.477 e. The number of carbonyl (C=O) groups excluding carboxylic acids is 1. The van der Waals surface area contributed by atoms with Crippen LogP contribution >= 0.6 is 0 Å². The number of rotatable bonds is 8. The molecule has 28 heavy (non-hydrogen) atoms. The summed E-state index contributed by atoms with van der Waals surface area (Å²) in [7, 11) is -0.807. The molecule has 0 radical (unpaired) electrons. The highest BCUT2D eigenvalue weighted by molar-refractivity contribution is 7.89. The van der Waals surface area contributed by atoms with Crippen molar-refractivity contribution in [2.45, 2.75) is 18.4 Å². The van der Waals surface area contributed by atoms with Crippen LogP contribution in [0.2, 0.25) is 0 Å². The average molecular weight is 407 g/mol. The topological polar surface area (TPSA) is 119 Å². The van der Waals surface area contributed by atoms with Gasteiger partial charge in [-0.3, -0.25) is 14.9 Å². The number of hydrogen-bond acceptors (Lipinski definition) is 6. The third kappa shape index (κ3) is 5.05. The van der Waals surface area contributed by atoms with E-state index in [9.17, 15) is 23.3 Å². The summed E-state index contributed by atoms with van der Waals surface area (Å²) in [4.78, 5) is 22.7. The molecular formula is C18H21N3O6S. The van der Waals surface area contributed by atoms with Gasteiger partial charge in [-0.15, -0.1) is 0 Å². The lowest BCUT2D eigenvalue weighted by molar-refractivity contribution is -0.385. The van der Waals surface area contributed by atoms with Crippen LogP contribution in [0.4, 0.5) is 5.69 Å². The van der Waals surface area contributed by atoms with Crippen molar-refractivity contribution in [3.63, 3.8) is 0 Å². The Hall–Kier alpha value is -2.98. The molecule has 2 aromatic rings. The van der Waals surface area contributed by atoms with Gasteiger partial charge in [0.25, 0.3) is 5.91 Å². The minimum absolute atomic E-state index is 0.0127. The van der Waals surface area contributed by atoms with Gasteiger partial charge in [-0.25, -0.2) is 12.7 Å². The zero-order valence-corrected chi connectivity index (χ0v) is 16.5. The standard InChI is InChI=1S/C18H21N3O6S/c1-13-8-9-16(15(10-13)21(23)24)27-12-18(22)19-11-14-6-4-5-7-17(14)28(25,26)20(2)3/h4-10H,11-12H2,1-3H3,(H,19,22). The summed E-state index contributed by atoms with van der Waals surface area (Å²) < 4.78 is 31.1. The summed E-state index contributed by atoms with van der Waals surface area (Å²) in [5.41, 5.74) is 0.892. The van der Waals surface area contributed by atoms with Crippen LogP contribution in [0.15, 0.2) is 47.4 Å². The molecule has 0 bridgehead atoms. The Morgan fingerprint density at radius 2 is 1.89 bits per heavy atom. The molecule has 0 atom stereocenters. The molecule has 0 aromatic heterocycles. The van der Waals surface area contributed by atoms with E-state index in [1.165, 1.54) is 32.3 Å². The first-order chi connectivity index (χ1) is 13.1. The van der Waals surface area contributed by atoms with Gasteiger partial charge in [0, 0.05) is 26.7 Å². The summed E-state index contributed by atoms with van der Waals surface area (Å²) in [5, 5.41) is 13.6. The number of ether oxygens (including phenoxy) is 1. The third-order valence-electron chi connectivity index (χ3n) is 3.88. The second-order valence-electron chi connectivity index (χ2n) is 6.19. The Kier molecular flexibility index (Phi) is 6.71. The molecule has 0 unspecified atom stereocenters. The van der Waals surface area contributed by atoms with E-state index < -0.39 is 27.5 Å². The van der Waals surface area contributed by atoms with E-state index in [-0.39, 0.29) is 22.9 Å². The van der Waals surface area contributed by atoms with Crippen molar-refractivity contribution in [3.8, 4) is 5.75 Å². The Bertz CT molecular complexity index is 989. The van der Waals surface area contributed by atoms with Gasteiger partial charge < -0.3 is 10.1 Å². The van der Waals surface area contributed by atoms with Gasteiger partial charge in [-0.1, -0.05) is 24.3 Å². The largest absolute Gasteiger partial charge is 0.477 e. The van der Waals surface area contributed by atoms with Crippen molar-refractivity contribution < 1.29 is 22.9 Å². The van der Waals surface area contributed by atoms with E-state index in [1.807, 2.05) is 0 Å². The predicted octanol–water partition coefficient (Wildman–Crippen LogP) is 1.85. The van der Waals surface area contributed by atoms with E-state index in [1.54, 1.807) is 31.2 Å². The van der Waals surface area contributed by atoms with Crippen LogP contribution < -0.4 is 10.1 Å². The van der Waals surface area contributed by atoms with Crippen LogP contribution in [0.5, 0.6) is 5.75 Å². The van der Waals surface area contributed by atoms with Gasteiger partial charge >= 0.3 is 5.69 Å². The Balaban J connectivity index is 2.04. The Morgan fingerprint density at radius 3 is 2.54 bits per heavy atom. The summed E-state index contributed by atoms with van der Waals surface area (Å²) in [6.45, 7) is 1.25. The van der Waals surface area contributed by atoms with Crippen molar-refractivity contribution in [1.82, 2.24) is 9.62 Å². The SMILES string of the molecule is Cc1ccc(OCC(=O)NCc2ccccc2S(=O)(=O)N(C)C)c([N+](=O)[O-])c1. The molecule has 9 nitrogen and oxygen atoms in total. The minimum atomic E-state index is -3.65. The van der Waals surface area contributed by atoms with E-state index in [0.717, 1.165) is 4.31 Å². The molecule has 0 fully saturated rings. The van der Waals surface area contributed by atoms with Crippen LogP contribution in [0.3, 0.4) is 0 Å². The number of nitro groups is 1. The maximum absolute atomic E-state index is 12.4. The molecule has 150 valence electrons. The van der Waals surface area contributed by atoms with E-state index in [4.69, 9.17) is 4.74 Å². The second kappa shape index (κ2) is 8.81. The summed E-state index contributed by atoms with van der Waals surface area (Å²) in [6.07, 6.45) is 0. The van der Waals surface area contributed by atoms with Gasteiger partial charge in [-0.05, 0) is 30.2 Å². The first-order valence-electron chi connectivity index (χ1n) is 8.28. The van der Waals surface area contributed by atoms with Crippen molar-refractivity contribution in [3.05, 3.63) is 63.7 Å². The van der Waals surface area contributed by atoms with Crippen LogP contribution in [-0.4, -0.2) is 44.3 Å². The number of carbonyl (C=O) groups is 1. The molecule has 1 amide bonds. The molecule has 1 N–H and O–H groups in total. The number of hydrogen-bond donors (Lipinski definition) is 1. The molecule has 0 saturated carbocycles. The fraction of sp³-hybridized carbons (Fsp3) is 0.278. The van der Waals surface area contributed by atoms with Gasteiger partial charge in [0.05, 0.1) is 9.82 Å². The van der Waals surface area contributed by atoms with Crippen LogP contribution in [0, 0.1) is 17.0 Å². The Labute approximate surface area is 163 Å². The number of nitrogens with zero attached hydrogens (tertiary/aromatic N) is 2. The number of benzene rings is 2.